The molecule has 0 amide bonds. The van der Waals surface area contributed by atoms with Gasteiger partial charge in [-0.05, 0) is 6.07 Å². The van der Waals surface area contributed by atoms with Gasteiger partial charge >= 0.3 is 5.97 Å². The van der Waals surface area contributed by atoms with Crippen molar-refractivity contribution in [1.29, 1.82) is 0 Å². The summed E-state index contributed by atoms with van der Waals surface area (Å²) in [5.74, 6) is -1.91. The lowest BCUT2D eigenvalue weighted by atomic mass is 10.1. The van der Waals surface area contributed by atoms with E-state index < -0.39 is 17.8 Å². The standard InChI is InChI=1S/C8H7ClFNO2/c9-6-4(7(11)8(12)13)2-1-3-5(6)10/h1-3,7H,11H2,(H,12,13)/t7-/m0/s1. The summed E-state index contributed by atoms with van der Waals surface area (Å²) in [4.78, 5) is 10.5. The predicted octanol–water partition coefficient (Wildman–Crippen LogP) is 1.56. The number of nitrogens with two attached hydrogens (primary N) is 1. The Bertz CT molecular complexity index is 343. The number of hydrogen-bond donors (Lipinski definition) is 2. The quantitative estimate of drug-likeness (QED) is 0.767. The van der Waals surface area contributed by atoms with Gasteiger partial charge in [0.05, 0.1) is 5.02 Å². The number of benzene rings is 1. The summed E-state index contributed by atoms with van der Waals surface area (Å²) in [6, 6.07) is 2.59. The van der Waals surface area contributed by atoms with Crippen molar-refractivity contribution < 1.29 is 14.3 Å². The van der Waals surface area contributed by atoms with E-state index in [0.717, 1.165) is 6.07 Å². The number of carboxylic acid groups (broad SMARTS) is 1. The van der Waals surface area contributed by atoms with Crippen LogP contribution in [0.3, 0.4) is 0 Å². The normalized spacial score (nSPS) is 12.5. The third-order valence-electron chi connectivity index (χ3n) is 1.58. The molecule has 1 aromatic carbocycles. The molecule has 1 rings (SSSR count). The van der Waals surface area contributed by atoms with Gasteiger partial charge in [0, 0.05) is 5.56 Å². The number of aliphatic carboxylic acids is 1. The summed E-state index contributed by atoms with van der Waals surface area (Å²) >= 11 is 5.51. The average Bonchev–Trinajstić information content (AvgIpc) is 2.08. The van der Waals surface area contributed by atoms with E-state index in [4.69, 9.17) is 22.4 Å². The van der Waals surface area contributed by atoms with Crippen molar-refractivity contribution in [3.63, 3.8) is 0 Å². The van der Waals surface area contributed by atoms with E-state index in [1.165, 1.54) is 12.1 Å². The molecule has 1 atom stereocenters. The topological polar surface area (TPSA) is 63.3 Å². The van der Waals surface area contributed by atoms with E-state index in [1.54, 1.807) is 0 Å². The first-order chi connectivity index (χ1) is 6.04. The molecular weight excluding hydrogens is 197 g/mol. The van der Waals surface area contributed by atoms with Crippen LogP contribution in [0.1, 0.15) is 11.6 Å². The predicted molar refractivity (Wildman–Crippen MR) is 46.0 cm³/mol. The molecular formula is C8H7ClFNO2. The molecule has 70 valence electrons. The van der Waals surface area contributed by atoms with E-state index >= 15 is 0 Å². The van der Waals surface area contributed by atoms with E-state index in [0.29, 0.717) is 0 Å². The van der Waals surface area contributed by atoms with Crippen LogP contribution in [-0.4, -0.2) is 11.1 Å². The molecule has 13 heavy (non-hydrogen) atoms. The summed E-state index contributed by atoms with van der Waals surface area (Å²) in [6.07, 6.45) is 0. The van der Waals surface area contributed by atoms with Gasteiger partial charge in [-0.15, -0.1) is 0 Å². The highest BCUT2D eigenvalue weighted by molar-refractivity contribution is 6.31. The van der Waals surface area contributed by atoms with Crippen LogP contribution in [0, 0.1) is 5.82 Å². The molecule has 0 bridgehead atoms. The Kier molecular flexibility index (Phi) is 2.85. The van der Waals surface area contributed by atoms with Crippen molar-refractivity contribution >= 4 is 17.6 Å². The fourth-order valence-electron chi connectivity index (χ4n) is 0.894. The maximum absolute atomic E-state index is 12.8. The van der Waals surface area contributed by atoms with Crippen LogP contribution in [0.2, 0.25) is 5.02 Å². The molecule has 0 aromatic heterocycles. The van der Waals surface area contributed by atoms with Crippen LogP contribution >= 0.6 is 11.6 Å². The molecule has 5 heteroatoms. The second kappa shape index (κ2) is 3.72. The van der Waals surface area contributed by atoms with E-state index in [1.807, 2.05) is 0 Å². The Morgan fingerprint density at radius 1 is 1.62 bits per heavy atom. The van der Waals surface area contributed by atoms with E-state index in [9.17, 15) is 9.18 Å². The first-order valence-electron chi connectivity index (χ1n) is 3.46. The van der Waals surface area contributed by atoms with Gasteiger partial charge in [-0.1, -0.05) is 23.7 Å². The zero-order valence-electron chi connectivity index (χ0n) is 6.50. The molecule has 0 radical (unpaired) electrons. The lowest BCUT2D eigenvalue weighted by Crippen LogP contribution is -2.21. The summed E-state index contributed by atoms with van der Waals surface area (Å²) in [5.41, 5.74) is 5.33. The lowest BCUT2D eigenvalue weighted by Gasteiger charge is -2.08. The van der Waals surface area contributed by atoms with Gasteiger partial charge in [-0.25, -0.2) is 4.39 Å². The molecule has 3 N–H and O–H groups in total. The van der Waals surface area contributed by atoms with Crippen LogP contribution in [0.4, 0.5) is 4.39 Å². The number of hydrogen-bond acceptors (Lipinski definition) is 2. The average molecular weight is 204 g/mol. The maximum Gasteiger partial charge on any atom is 0.325 e. The third kappa shape index (κ3) is 1.96. The summed E-state index contributed by atoms with van der Waals surface area (Å²) in [7, 11) is 0. The van der Waals surface area contributed by atoms with Crippen molar-refractivity contribution in [2.75, 3.05) is 0 Å². The molecule has 0 unspecified atom stereocenters. The Labute approximate surface area is 78.9 Å². The van der Waals surface area contributed by atoms with Crippen molar-refractivity contribution in [1.82, 2.24) is 0 Å². The third-order valence-corrected chi connectivity index (χ3v) is 1.98. The van der Waals surface area contributed by atoms with Gasteiger partial charge in [0.15, 0.2) is 0 Å². The van der Waals surface area contributed by atoms with Gasteiger partial charge in [0.1, 0.15) is 11.9 Å². The Hall–Kier alpha value is -1.13. The van der Waals surface area contributed by atoms with Gasteiger partial charge in [-0.3, -0.25) is 4.79 Å². The molecule has 0 aliphatic rings. The summed E-state index contributed by atoms with van der Waals surface area (Å²) in [6.45, 7) is 0. The van der Waals surface area contributed by atoms with Crippen LogP contribution in [0.5, 0.6) is 0 Å². The fourth-order valence-corrected chi connectivity index (χ4v) is 1.14. The highest BCUT2D eigenvalue weighted by Gasteiger charge is 2.18. The minimum atomic E-state index is -1.29. The zero-order valence-corrected chi connectivity index (χ0v) is 7.25. The molecule has 0 heterocycles. The first kappa shape index (κ1) is 9.95. The number of carboxylic acids is 1. The summed E-state index contributed by atoms with van der Waals surface area (Å²) in [5, 5.41) is 8.31. The second-order valence-electron chi connectivity index (χ2n) is 2.46. The Morgan fingerprint density at radius 2 is 2.23 bits per heavy atom. The largest absolute Gasteiger partial charge is 0.480 e. The second-order valence-corrected chi connectivity index (χ2v) is 2.84. The van der Waals surface area contributed by atoms with Crippen LogP contribution < -0.4 is 5.73 Å². The molecule has 0 saturated carbocycles. The molecule has 0 aliphatic carbocycles. The van der Waals surface area contributed by atoms with Crippen molar-refractivity contribution in [2.45, 2.75) is 6.04 Å². The number of rotatable bonds is 2. The fraction of sp³-hybridized carbons (Fsp3) is 0.125. The smallest absolute Gasteiger partial charge is 0.325 e. The molecule has 0 saturated heterocycles. The molecule has 3 nitrogen and oxygen atoms in total. The van der Waals surface area contributed by atoms with E-state index in [-0.39, 0.29) is 10.6 Å². The molecule has 1 aromatic rings. The van der Waals surface area contributed by atoms with Gasteiger partial charge in [-0.2, -0.15) is 0 Å². The minimum Gasteiger partial charge on any atom is -0.480 e. The van der Waals surface area contributed by atoms with Gasteiger partial charge in [0.25, 0.3) is 0 Å². The van der Waals surface area contributed by atoms with E-state index in [2.05, 4.69) is 0 Å². The Morgan fingerprint density at radius 3 is 2.77 bits per heavy atom. The SMILES string of the molecule is N[C@H](C(=O)O)c1cccc(F)c1Cl. The maximum atomic E-state index is 12.8. The molecule has 0 fully saturated rings. The minimum absolute atomic E-state index is 0.0779. The molecule has 0 spiro atoms. The molecule has 0 aliphatic heterocycles. The van der Waals surface area contributed by atoms with Gasteiger partial charge < -0.3 is 10.8 Å². The lowest BCUT2D eigenvalue weighted by molar-refractivity contribution is -0.138. The Balaban J connectivity index is 3.15. The highest BCUT2D eigenvalue weighted by atomic mass is 35.5. The van der Waals surface area contributed by atoms with Crippen LogP contribution in [0.15, 0.2) is 18.2 Å². The first-order valence-corrected chi connectivity index (χ1v) is 3.84. The van der Waals surface area contributed by atoms with Crippen LogP contribution in [-0.2, 0) is 4.79 Å². The number of halogens is 2. The highest BCUT2D eigenvalue weighted by Crippen LogP contribution is 2.24. The van der Waals surface area contributed by atoms with Crippen molar-refractivity contribution in [3.05, 3.63) is 34.6 Å². The number of carbonyl (C=O) groups is 1. The van der Waals surface area contributed by atoms with Crippen molar-refractivity contribution in [2.24, 2.45) is 5.73 Å². The van der Waals surface area contributed by atoms with Crippen LogP contribution in [0.25, 0.3) is 0 Å². The zero-order chi connectivity index (χ0) is 10.0. The monoisotopic (exact) mass is 203 g/mol. The van der Waals surface area contributed by atoms with Gasteiger partial charge in [0.2, 0.25) is 0 Å². The van der Waals surface area contributed by atoms with Crippen molar-refractivity contribution in [3.8, 4) is 0 Å². The summed E-state index contributed by atoms with van der Waals surface area (Å²) < 4.78 is 12.8.